The Bertz CT molecular complexity index is 171. The van der Waals surface area contributed by atoms with Gasteiger partial charge in [0.25, 0.3) is 0 Å². The second-order valence-electron chi connectivity index (χ2n) is 4.42. The molecule has 0 aliphatic carbocycles. The van der Waals surface area contributed by atoms with E-state index in [0.717, 1.165) is 6.04 Å². The molecule has 0 radical (unpaired) electrons. The van der Waals surface area contributed by atoms with Gasteiger partial charge >= 0.3 is 0 Å². The van der Waals surface area contributed by atoms with Gasteiger partial charge in [-0.3, -0.25) is 11.4 Å². The molecule has 0 aromatic rings. The first-order chi connectivity index (χ1) is 6.90. The van der Waals surface area contributed by atoms with Gasteiger partial charge in [-0.1, -0.05) is 0 Å². The molecule has 0 aromatic heterocycles. The van der Waals surface area contributed by atoms with Crippen LogP contribution in [0.1, 0.15) is 26.2 Å². The number of rotatable bonds is 3. The summed E-state index contributed by atoms with van der Waals surface area (Å²) in [6.07, 6.45) is 3.99. The Balaban J connectivity index is 0.00000112. The van der Waals surface area contributed by atoms with Crippen LogP contribution in [0.3, 0.4) is 0 Å². The maximum Gasteiger partial charge on any atom is 0.0120 e. The van der Waals surface area contributed by atoms with E-state index in [1.165, 1.54) is 45.4 Å². The van der Waals surface area contributed by atoms with Crippen LogP contribution in [-0.4, -0.2) is 43.2 Å². The summed E-state index contributed by atoms with van der Waals surface area (Å²) in [6, 6.07) is 1.55. The van der Waals surface area contributed by atoms with Gasteiger partial charge in [0.2, 0.25) is 0 Å². The molecule has 2 aliphatic heterocycles. The van der Waals surface area contributed by atoms with Gasteiger partial charge in [-0.05, 0) is 44.9 Å². The van der Waals surface area contributed by atoms with E-state index in [-0.39, 0.29) is 31.1 Å². The van der Waals surface area contributed by atoms with E-state index < -0.39 is 0 Å². The third kappa shape index (κ3) is 4.02. The molecule has 2 rings (SSSR count). The molecule has 0 amide bonds. The number of nitrogens with one attached hydrogen (secondary N) is 2. The predicted molar refractivity (Wildman–Crippen MR) is 59.0 cm³/mol. The van der Waals surface area contributed by atoms with Crippen molar-refractivity contribution < 1.29 is 31.1 Å². The van der Waals surface area contributed by atoms with Crippen molar-refractivity contribution in [3.63, 3.8) is 0 Å². The Morgan fingerprint density at radius 1 is 1.27 bits per heavy atom. The summed E-state index contributed by atoms with van der Waals surface area (Å²) in [5.74, 6) is 0. The van der Waals surface area contributed by atoms with Crippen LogP contribution < -0.4 is 10.6 Å². The van der Waals surface area contributed by atoms with Crippen molar-refractivity contribution in [1.29, 1.82) is 0 Å². The number of likely N-dealkylation sites (tertiary alicyclic amines) is 1. The van der Waals surface area contributed by atoms with Crippen LogP contribution in [0.2, 0.25) is 0 Å². The first-order valence-corrected chi connectivity index (χ1v) is 5.89. The van der Waals surface area contributed by atoms with Gasteiger partial charge in [-0.15, -0.1) is 0 Å². The summed E-state index contributed by atoms with van der Waals surface area (Å²) in [5.41, 5.74) is 0. The molecule has 86 valence electrons. The van der Waals surface area contributed by atoms with Gasteiger partial charge in [0.15, 0.2) is 0 Å². The summed E-state index contributed by atoms with van der Waals surface area (Å²) in [4.78, 5) is 2.67. The molecule has 0 aromatic carbocycles. The standard InChI is InChI=1S/C11H22N3.U/c1-2-13-10-5-8-14(9-10)11-3-6-12-7-4-11;/h2,10-13H,3-9H2,1H3;/q-1;. The van der Waals surface area contributed by atoms with Crippen LogP contribution >= 0.6 is 0 Å². The van der Waals surface area contributed by atoms with E-state index in [1.807, 2.05) is 0 Å². The molecule has 2 fully saturated rings. The number of nitrogens with zero attached hydrogens (tertiary/aromatic N) is 1. The van der Waals surface area contributed by atoms with Crippen LogP contribution in [0.4, 0.5) is 0 Å². The summed E-state index contributed by atoms with van der Waals surface area (Å²) in [7, 11) is 0. The van der Waals surface area contributed by atoms with Crippen molar-refractivity contribution in [1.82, 2.24) is 15.5 Å². The quantitative estimate of drug-likeness (QED) is 0.637. The van der Waals surface area contributed by atoms with Crippen LogP contribution in [0, 0.1) is 37.7 Å². The number of hydrogen-bond acceptors (Lipinski definition) is 3. The Morgan fingerprint density at radius 2 is 2.00 bits per heavy atom. The fraction of sp³-hybridized carbons (Fsp3) is 0.909. The van der Waals surface area contributed by atoms with Crippen molar-refractivity contribution in [2.45, 2.75) is 38.3 Å². The molecule has 1 atom stereocenters. The van der Waals surface area contributed by atoms with Crippen molar-refractivity contribution in [3.05, 3.63) is 6.54 Å². The fourth-order valence-corrected chi connectivity index (χ4v) is 2.66. The second-order valence-corrected chi connectivity index (χ2v) is 4.42. The van der Waals surface area contributed by atoms with E-state index in [9.17, 15) is 0 Å². The summed E-state index contributed by atoms with van der Waals surface area (Å²) < 4.78 is 0. The van der Waals surface area contributed by atoms with Crippen LogP contribution in [-0.2, 0) is 0 Å². The van der Waals surface area contributed by atoms with Gasteiger partial charge in [0.05, 0.1) is 0 Å². The fourth-order valence-electron chi connectivity index (χ4n) is 2.66. The smallest absolute Gasteiger partial charge is 0.0120 e. The first kappa shape index (κ1) is 14.0. The van der Waals surface area contributed by atoms with Gasteiger partial charge in [0, 0.05) is 43.7 Å². The Morgan fingerprint density at radius 3 is 2.67 bits per heavy atom. The maximum absolute atomic E-state index is 3.43. The predicted octanol–water partition coefficient (Wildman–Crippen LogP) is 0.584. The van der Waals surface area contributed by atoms with Gasteiger partial charge < -0.3 is 10.6 Å². The number of hydrogen-bond donors (Lipinski definition) is 2. The molecule has 0 saturated carbocycles. The molecule has 2 N–H and O–H groups in total. The van der Waals surface area contributed by atoms with Crippen molar-refractivity contribution in [2.24, 2.45) is 0 Å². The van der Waals surface area contributed by atoms with E-state index in [2.05, 4.69) is 29.0 Å². The average Bonchev–Trinajstić information content (AvgIpc) is 2.68. The van der Waals surface area contributed by atoms with E-state index >= 15 is 0 Å². The Hall–Kier alpha value is 0.932. The normalized spacial score (nSPS) is 29.0. The molecule has 2 saturated heterocycles. The molecular formula is C11H22N3U-. The molecular weight excluding hydrogens is 412 g/mol. The monoisotopic (exact) mass is 434 g/mol. The molecule has 15 heavy (non-hydrogen) atoms. The first-order valence-electron chi connectivity index (χ1n) is 5.89. The summed E-state index contributed by atoms with van der Waals surface area (Å²) >= 11 is 0. The molecule has 0 bridgehead atoms. The Kier molecular flexibility index (Phi) is 6.81. The third-order valence-corrected chi connectivity index (χ3v) is 3.45. The average molecular weight is 434 g/mol. The molecule has 2 aliphatic rings. The molecule has 4 heteroatoms. The SMILES string of the molecule is C[CH-]NC1CCN(C2CCNCC2)C1.[U]. The molecule has 2 heterocycles. The van der Waals surface area contributed by atoms with Crippen molar-refractivity contribution in [2.75, 3.05) is 26.2 Å². The van der Waals surface area contributed by atoms with E-state index in [0.29, 0.717) is 6.04 Å². The van der Waals surface area contributed by atoms with Gasteiger partial charge in [0.1, 0.15) is 0 Å². The Labute approximate surface area is 117 Å². The van der Waals surface area contributed by atoms with E-state index in [1.54, 1.807) is 0 Å². The van der Waals surface area contributed by atoms with Gasteiger partial charge in [-0.25, -0.2) is 0 Å². The summed E-state index contributed by atoms with van der Waals surface area (Å²) in [5, 5.41) is 6.86. The van der Waals surface area contributed by atoms with Crippen molar-refractivity contribution in [3.8, 4) is 0 Å². The van der Waals surface area contributed by atoms with Crippen molar-refractivity contribution >= 4 is 0 Å². The second kappa shape index (κ2) is 7.30. The van der Waals surface area contributed by atoms with Crippen LogP contribution in [0.25, 0.3) is 0 Å². The van der Waals surface area contributed by atoms with Gasteiger partial charge in [-0.2, -0.15) is 6.92 Å². The topological polar surface area (TPSA) is 27.3 Å². The van der Waals surface area contributed by atoms with Crippen LogP contribution in [0.15, 0.2) is 0 Å². The number of piperidine rings is 1. The summed E-state index contributed by atoms with van der Waals surface area (Å²) in [6.45, 7) is 9.10. The maximum atomic E-state index is 3.43. The zero-order chi connectivity index (χ0) is 9.80. The minimum atomic E-state index is 0. The molecule has 0 spiro atoms. The van der Waals surface area contributed by atoms with E-state index in [4.69, 9.17) is 0 Å². The minimum Gasteiger partial charge on any atom is -0.466 e. The third-order valence-electron chi connectivity index (χ3n) is 3.45. The molecule has 1 unspecified atom stereocenters. The largest absolute Gasteiger partial charge is 0.466 e. The zero-order valence-electron chi connectivity index (χ0n) is 9.63. The minimum absolute atomic E-state index is 0. The molecule has 3 nitrogen and oxygen atoms in total. The van der Waals surface area contributed by atoms with Crippen LogP contribution in [0.5, 0.6) is 0 Å². The zero-order valence-corrected chi connectivity index (χ0v) is 13.8.